The molecule has 3 fully saturated rings. The summed E-state index contributed by atoms with van der Waals surface area (Å²) in [5.41, 5.74) is 5.24. The van der Waals surface area contributed by atoms with Crippen LogP contribution >= 0.6 is 11.3 Å². The highest BCUT2D eigenvalue weighted by molar-refractivity contribution is 7.13. The monoisotopic (exact) mass is 592 g/mol. The number of aromatic nitrogens is 2. The first-order valence-electron chi connectivity index (χ1n) is 14.9. The molecule has 2 aromatic heterocycles. The Morgan fingerprint density at radius 1 is 1.21 bits per heavy atom. The number of rotatable bonds is 8. The first kappa shape index (κ1) is 28.8. The Balaban J connectivity index is 1.10. The second-order valence-corrected chi connectivity index (χ2v) is 13.3. The minimum absolute atomic E-state index is 0.0763. The number of likely N-dealkylation sites (tertiary alicyclic amines) is 1. The fourth-order valence-corrected chi connectivity index (χ4v) is 7.47. The van der Waals surface area contributed by atoms with Gasteiger partial charge in [-0.15, -0.1) is 11.3 Å². The molecule has 1 aromatic carbocycles. The maximum absolute atomic E-state index is 13.9. The number of β-amino-alcohol motifs (C(OH)–C–C–N with tert-alkyl or cyclic N) is 1. The molecular formula is C31H40N6O4S. The summed E-state index contributed by atoms with van der Waals surface area (Å²) in [5.74, 6) is 0.118. The maximum atomic E-state index is 13.9. The van der Waals surface area contributed by atoms with Crippen molar-refractivity contribution >= 4 is 29.0 Å². The number of aliphatic hydroxyl groups is 1. The average Bonchev–Trinajstić information content (AvgIpc) is 3.71. The van der Waals surface area contributed by atoms with E-state index in [9.17, 15) is 14.7 Å². The van der Waals surface area contributed by atoms with Crippen LogP contribution in [0.5, 0.6) is 0 Å². The van der Waals surface area contributed by atoms with Crippen molar-refractivity contribution in [2.24, 2.45) is 11.3 Å². The van der Waals surface area contributed by atoms with Crippen LogP contribution in [0.4, 0.5) is 5.82 Å². The first-order chi connectivity index (χ1) is 20.2. The molecule has 0 saturated carbocycles. The Bertz CT molecular complexity index is 1400. The minimum Gasteiger partial charge on any atom is -0.391 e. The molecule has 5 heterocycles. The van der Waals surface area contributed by atoms with Crippen molar-refractivity contribution in [2.45, 2.75) is 64.6 Å². The van der Waals surface area contributed by atoms with Gasteiger partial charge in [0.1, 0.15) is 12.0 Å². The van der Waals surface area contributed by atoms with Gasteiger partial charge < -0.3 is 30.1 Å². The van der Waals surface area contributed by atoms with Crippen molar-refractivity contribution < 1.29 is 19.2 Å². The molecule has 3 aliphatic heterocycles. The van der Waals surface area contributed by atoms with E-state index in [2.05, 4.69) is 25.7 Å². The SMILES string of the molecule is Cc1ncsc1-c1ccc(CNC(=O)[C@@H]2C[C@@H](O)CN2C(=O)[C@@H](c2cc(N3CC4(CCNCC4)C3)no2)C(C)C)cc1. The second-order valence-electron chi connectivity index (χ2n) is 12.5. The lowest BCUT2D eigenvalue weighted by Gasteiger charge is -2.52. The van der Waals surface area contributed by atoms with Crippen molar-refractivity contribution in [2.75, 3.05) is 37.6 Å². The van der Waals surface area contributed by atoms with Crippen LogP contribution in [0.2, 0.25) is 0 Å². The highest BCUT2D eigenvalue weighted by atomic mass is 32.1. The first-order valence-corrected chi connectivity index (χ1v) is 15.8. The second kappa shape index (κ2) is 11.8. The molecule has 11 heteroatoms. The lowest BCUT2D eigenvalue weighted by molar-refractivity contribution is -0.141. The molecular weight excluding hydrogens is 552 g/mol. The summed E-state index contributed by atoms with van der Waals surface area (Å²) < 4.78 is 5.76. The zero-order valence-corrected chi connectivity index (χ0v) is 25.3. The third kappa shape index (κ3) is 5.69. The normalized spacial score (nSPS) is 22.4. The molecule has 2 amide bonds. The van der Waals surface area contributed by atoms with Crippen LogP contribution in [0.1, 0.15) is 56.0 Å². The molecule has 42 heavy (non-hydrogen) atoms. The van der Waals surface area contributed by atoms with E-state index in [1.807, 2.05) is 56.6 Å². The average molecular weight is 593 g/mol. The van der Waals surface area contributed by atoms with Crippen molar-refractivity contribution in [1.82, 2.24) is 25.7 Å². The van der Waals surface area contributed by atoms with E-state index >= 15 is 0 Å². The highest BCUT2D eigenvalue weighted by Gasteiger charge is 2.46. The number of carbonyl (C=O) groups excluding carboxylic acids is 2. The summed E-state index contributed by atoms with van der Waals surface area (Å²) >= 11 is 1.60. The number of amides is 2. The molecule has 6 rings (SSSR count). The van der Waals surface area contributed by atoms with Crippen molar-refractivity contribution in [3.63, 3.8) is 0 Å². The van der Waals surface area contributed by atoms with Crippen LogP contribution < -0.4 is 15.5 Å². The van der Waals surface area contributed by atoms with E-state index in [4.69, 9.17) is 4.52 Å². The van der Waals surface area contributed by atoms with E-state index in [0.29, 0.717) is 17.7 Å². The fourth-order valence-electron chi connectivity index (χ4n) is 6.65. The minimum atomic E-state index is -0.757. The maximum Gasteiger partial charge on any atom is 0.243 e. The van der Waals surface area contributed by atoms with Gasteiger partial charge in [-0.1, -0.05) is 43.3 Å². The number of nitrogens with zero attached hydrogens (tertiary/aromatic N) is 4. The third-order valence-electron chi connectivity index (χ3n) is 9.09. The van der Waals surface area contributed by atoms with Gasteiger partial charge in [-0.2, -0.15) is 0 Å². The van der Waals surface area contributed by atoms with Gasteiger partial charge in [0.25, 0.3) is 0 Å². The van der Waals surface area contributed by atoms with Gasteiger partial charge in [0, 0.05) is 44.1 Å². The lowest BCUT2D eigenvalue weighted by Crippen LogP contribution is -2.60. The van der Waals surface area contributed by atoms with Gasteiger partial charge in [0.2, 0.25) is 11.8 Å². The summed E-state index contributed by atoms with van der Waals surface area (Å²) in [6, 6.07) is 9.18. The number of anilines is 1. The van der Waals surface area contributed by atoms with Crippen LogP contribution in [-0.4, -0.2) is 76.8 Å². The van der Waals surface area contributed by atoms with E-state index in [1.54, 1.807) is 11.3 Å². The number of hydrogen-bond donors (Lipinski definition) is 3. The molecule has 224 valence electrons. The molecule has 3 atom stereocenters. The third-order valence-corrected chi connectivity index (χ3v) is 10.1. The molecule has 0 radical (unpaired) electrons. The largest absolute Gasteiger partial charge is 0.391 e. The Kier molecular flexibility index (Phi) is 8.08. The molecule has 10 nitrogen and oxygen atoms in total. The number of nitrogens with one attached hydrogen (secondary N) is 2. The lowest BCUT2D eigenvalue weighted by atomic mass is 9.72. The number of carbonyl (C=O) groups is 2. The molecule has 3 aromatic rings. The molecule has 0 unspecified atom stereocenters. The standard InChI is InChI=1S/C31H40N6O4S/c1-19(2)27(25-13-26(35-41-25)36-16-31(17-36)8-10-32-11-9-31)30(40)37-15-23(38)12-24(37)29(39)33-14-21-4-6-22(7-5-21)28-20(3)34-18-42-28/h4-7,13,18-19,23-24,27,32,38H,8-12,14-17H2,1-3H3,(H,33,39)/t23-,24+,27-/m1/s1. The number of thiazole rings is 1. The van der Waals surface area contributed by atoms with Crippen LogP contribution in [0.15, 0.2) is 40.4 Å². The molecule has 0 aliphatic carbocycles. The number of piperidine rings is 1. The highest BCUT2D eigenvalue weighted by Crippen LogP contribution is 2.42. The van der Waals surface area contributed by atoms with Crippen LogP contribution in [-0.2, 0) is 16.1 Å². The smallest absolute Gasteiger partial charge is 0.243 e. The van der Waals surface area contributed by atoms with Gasteiger partial charge in [-0.3, -0.25) is 9.59 Å². The van der Waals surface area contributed by atoms with Crippen molar-refractivity contribution in [3.05, 3.63) is 52.9 Å². The van der Waals surface area contributed by atoms with Crippen molar-refractivity contribution in [1.29, 1.82) is 0 Å². The van der Waals surface area contributed by atoms with Crippen LogP contribution in [0, 0.1) is 18.3 Å². The van der Waals surface area contributed by atoms with Crippen LogP contribution in [0.25, 0.3) is 10.4 Å². The van der Waals surface area contributed by atoms with Gasteiger partial charge in [0.05, 0.1) is 22.2 Å². The predicted octanol–water partition coefficient (Wildman–Crippen LogP) is 3.31. The zero-order valence-electron chi connectivity index (χ0n) is 24.5. The van der Waals surface area contributed by atoms with E-state index in [1.165, 1.54) is 17.7 Å². The van der Waals surface area contributed by atoms with E-state index < -0.39 is 18.1 Å². The summed E-state index contributed by atoms with van der Waals surface area (Å²) in [4.78, 5) is 36.4. The number of aryl methyl sites for hydroxylation is 1. The summed E-state index contributed by atoms with van der Waals surface area (Å²) in [5, 5.41) is 21.2. The van der Waals surface area contributed by atoms with Gasteiger partial charge in [-0.25, -0.2) is 4.98 Å². The molecule has 1 spiro atoms. The fraction of sp³-hybridized carbons (Fsp3) is 0.548. The van der Waals surface area contributed by atoms with Gasteiger partial charge in [0.15, 0.2) is 11.6 Å². The number of aliphatic hydroxyl groups excluding tert-OH is 1. The van der Waals surface area contributed by atoms with Crippen LogP contribution in [0.3, 0.4) is 0 Å². The Hall–Kier alpha value is -3.28. The van der Waals surface area contributed by atoms with Gasteiger partial charge in [-0.05, 0) is 49.9 Å². The molecule has 3 saturated heterocycles. The predicted molar refractivity (Wildman–Crippen MR) is 161 cm³/mol. The summed E-state index contributed by atoms with van der Waals surface area (Å²) in [6.07, 6.45) is 1.78. The van der Waals surface area contributed by atoms with Gasteiger partial charge >= 0.3 is 0 Å². The molecule has 3 aliphatic rings. The number of hydrogen-bond acceptors (Lipinski definition) is 9. The Labute approximate surface area is 250 Å². The number of benzene rings is 1. The Morgan fingerprint density at radius 3 is 2.62 bits per heavy atom. The topological polar surface area (TPSA) is 124 Å². The Morgan fingerprint density at radius 2 is 1.95 bits per heavy atom. The van der Waals surface area contributed by atoms with Crippen molar-refractivity contribution in [3.8, 4) is 10.4 Å². The van der Waals surface area contributed by atoms with E-state index in [0.717, 1.165) is 53.7 Å². The molecule has 3 N–H and O–H groups in total. The summed E-state index contributed by atoms with van der Waals surface area (Å²) in [6.45, 7) is 10.4. The summed E-state index contributed by atoms with van der Waals surface area (Å²) in [7, 11) is 0. The van der Waals surface area contributed by atoms with E-state index in [-0.39, 0.29) is 30.7 Å². The zero-order chi connectivity index (χ0) is 29.4. The quantitative estimate of drug-likeness (QED) is 0.364. The molecule has 0 bridgehead atoms.